The molecule has 0 amide bonds. The molecule has 1 N–H and O–H groups in total. The molecule has 1 saturated carbocycles. The third-order valence-electron chi connectivity index (χ3n) is 4.23. The van der Waals surface area contributed by atoms with Crippen molar-refractivity contribution in [2.24, 2.45) is 5.92 Å². The fourth-order valence-electron chi connectivity index (χ4n) is 2.76. The van der Waals surface area contributed by atoms with Crippen molar-refractivity contribution in [1.29, 1.82) is 0 Å². The average Bonchev–Trinajstić information content (AvgIpc) is 2.36. The van der Waals surface area contributed by atoms with Crippen LogP contribution in [0.1, 0.15) is 26.2 Å². The minimum atomic E-state index is -0.346. The lowest BCUT2D eigenvalue weighted by Crippen LogP contribution is -2.30. The molecule has 20 heavy (non-hydrogen) atoms. The van der Waals surface area contributed by atoms with E-state index in [0.717, 1.165) is 11.1 Å². The monoisotopic (exact) mass is 271 g/mol. The number of nitrogens with one attached hydrogen (secondary N) is 1. The van der Waals surface area contributed by atoms with Gasteiger partial charge in [-0.25, -0.2) is 0 Å². The molecule has 0 spiro atoms. The molecule has 1 fully saturated rings. The van der Waals surface area contributed by atoms with Gasteiger partial charge in [-0.2, -0.15) is 0 Å². The number of benzene rings is 1. The number of hydrogen-bond donors (Lipinski definition) is 1. The highest BCUT2D eigenvalue weighted by Gasteiger charge is 2.24. The molecule has 1 atom stereocenters. The smallest absolute Gasteiger partial charge is 0.277 e. The summed E-state index contributed by atoms with van der Waals surface area (Å²) >= 11 is 0. The lowest BCUT2D eigenvalue weighted by atomic mass is 9.80. The molecule has 1 aliphatic carbocycles. The van der Waals surface area contributed by atoms with Crippen molar-refractivity contribution in [2.75, 3.05) is 5.32 Å². The number of aromatic nitrogens is 1. The predicted octanol–water partition coefficient (Wildman–Crippen LogP) is 3.74. The molecule has 0 aliphatic heterocycles. The van der Waals surface area contributed by atoms with Crippen LogP contribution in [-0.4, -0.2) is 15.9 Å². The number of nitro benzene ring substituents is 1. The van der Waals surface area contributed by atoms with Gasteiger partial charge in [0.05, 0.1) is 10.3 Å². The minimum absolute atomic E-state index is 0.129. The van der Waals surface area contributed by atoms with E-state index in [9.17, 15) is 10.1 Å². The Balaban J connectivity index is 1.99. The number of pyridine rings is 1. The number of rotatable bonds is 4. The number of non-ortho nitro benzene ring substituents is 1. The first-order chi connectivity index (χ1) is 9.66. The fraction of sp³-hybridized carbons (Fsp3) is 0.400. The van der Waals surface area contributed by atoms with Crippen LogP contribution in [0, 0.1) is 16.0 Å². The summed E-state index contributed by atoms with van der Waals surface area (Å²) in [5.74, 6) is 0.705. The van der Waals surface area contributed by atoms with Gasteiger partial charge in [-0.1, -0.05) is 6.42 Å². The number of nitrogens with zero attached hydrogens (tertiary/aromatic N) is 2. The van der Waals surface area contributed by atoms with Crippen molar-refractivity contribution in [3.63, 3.8) is 0 Å². The average molecular weight is 271 g/mol. The molecular formula is C15H17N3O2. The highest BCUT2D eigenvalue weighted by atomic mass is 16.6. The standard InChI is InChI=1S/C15H17N3O2/c1-10(11-3-2-4-11)17-14-5-6-15(18(19)20)12-7-8-16-9-13(12)14/h5-11,17H,2-4H2,1H3. The first-order valence-electron chi connectivity index (χ1n) is 6.94. The molecule has 0 radical (unpaired) electrons. The van der Waals surface area contributed by atoms with Crippen molar-refractivity contribution < 1.29 is 4.92 Å². The molecule has 0 bridgehead atoms. The second kappa shape index (κ2) is 5.07. The Labute approximate surface area is 117 Å². The highest BCUT2D eigenvalue weighted by Crippen LogP contribution is 2.34. The van der Waals surface area contributed by atoms with Crippen molar-refractivity contribution in [2.45, 2.75) is 32.2 Å². The third-order valence-corrected chi connectivity index (χ3v) is 4.23. The maximum Gasteiger partial charge on any atom is 0.277 e. The molecule has 1 aromatic carbocycles. The van der Waals surface area contributed by atoms with Gasteiger partial charge in [0.15, 0.2) is 0 Å². The Bertz CT molecular complexity index is 653. The van der Waals surface area contributed by atoms with Crippen LogP contribution < -0.4 is 5.32 Å². The first-order valence-corrected chi connectivity index (χ1v) is 6.94. The van der Waals surface area contributed by atoms with Gasteiger partial charge in [0.1, 0.15) is 0 Å². The van der Waals surface area contributed by atoms with E-state index in [2.05, 4.69) is 17.2 Å². The van der Waals surface area contributed by atoms with Gasteiger partial charge in [-0.3, -0.25) is 15.1 Å². The van der Waals surface area contributed by atoms with E-state index in [0.29, 0.717) is 17.3 Å². The van der Waals surface area contributed by atoms with Crippen molar-refractivity contribution in [1.82, 2.24) is 4.98 Å². The maximum atomic E-state index is 11.1. The van der Waals surface area contributed by atoms with Crippen LogP contribution in [0.4, 0.5) is 11.4 Å². The summed E-state index contributed by atoms with van der Waals surface area (Å²) in [6, 6.07) is 5.44. The first kappa shape index (κ1) is 12.8. The van der Waals surface area contributed by atoms with E-state index in [1.54, 1.807) is 30.6 Å². The molecule has 0 saturated heterocycles. The summed E-state index contributed by atoms with van der Waals surface area (Å²) in [7, 11) is 0. The summed E-state index contributed by atoms with van der Waals surface area (Å²) in [6.07, 6.45) is 7.11. The summed E-state index contributed by atoms with van der Waals surface area (Å²) in [5.41, 5.74) is 1.06. The number of fused-ring (bicyclic) bond motifs is 1. The molecule has 1 aliphatic rings. The Hall–Kier alpha value is -2.17. The van der Waals surface area contributed by atoms with E-state index >= 15 is 0 Å². The topological polar surface area (TPSA) is 68.1 Å². The van der Waals surface area contributed by atoms with E-state index in [1.807, 2.05) is 0 Å². The van der Waals surface area contributed by atoms with Gasteiger partial charge in [0, 0.05) is 35.6 Å². The molecule has 5 nitrogen and oxygen atoms in total. The van der Waals surface area contributed by atoms with E-state index in [-0.39, 0.29) is 10.6 Å². The quantitative estimate of drug-likeness (QED) is 0.679. The maximum absolute atomic E-state index is 11.1. The molecule has 3 rings (SSSR count). The Kier molecular flexibility index (Phi) is 3.26. The molecular weight excluding hydrogens is 254 g/mol. The van der Waals surface area contributed by atoms with Gasteiger partial charge < -0.3 is 5.32 Å². The van der Waals surface area contributed by atoms with Crippen LogP contribution in [0.3, 0.4) is 0 Å². The van der Waals surface area contributed by atoms with Gasteiger partial charge in [-0.15, -0.1) is 0 Å². The Morgan fingerprint density at radius 3 is 2.80 bits per heavy atom. The zero-order valence-corrected chi connectivity index (χ0v) is 11.4. The fourth-order valence-corrected chi connectivity index (χ4v) is 2.76. The van der Waals surface area contributed by atoms with Crippen molar-refractivity contribution in [3.8, 4) is 0 Å². The lowest BCUT2D eigenvalue weighted by molar-refractivity contribution is -0.383. The van der Waals surface area contributed by atoms with Crippen LogP contribution in [0.25, 0.3) is 10.8 Å². The summed E-state index contributed by atoms with van der Waals surface area (Å²) < 4.78 is 0. The Morgan fingerprint density at radius 1 is 1.35 bits per heavy atom. The summed E-state index contributed by atoms with van der Waals surface area (Å²) in [6.45, 7) is 2.17. The van der Waals surface area contributed by atoms with E-state index in [1.165, 1.54) is 19.3 Å². The second-order valence-corrected chi connectivity index (χ2v) is 5.43. The molecule has 104 valence electrons. The van der Waals surface area contributed by atoms with Crippen LogP contribution in [0.5, 0.6) is 0 Å². The SMILES string of the molecule is CC(Nc1ccc([N+](=O)[O-])c2ccncc12)C1CCC1. The molecule has 1 unspecified atom stereocenters. The van der Waals surface area contributed by atoms with E-state index in [4.69, 9.17) is 0 Å². The lowest BCUT2D eigenvalue weighted by Gasteiger charge is -2.32. The largest absolute Gasteiger partial charge is 0.382 e. The van der Waals surface area contributed by atoms with Crippen LogP contribution >= 0.6 is 0 Å². The Morgan fingerprint density at radius 2 is 2.15 bits per heavy atom. The van der Waals surface area contributed by atoms with Gasteiger partial charge in [0.2, 0.25) is 0 Å². The summed E-state index contributed by atoms with van der Waals surface area (Å²) in [4.78, 5) is 14.8. The molecule has 5 heteroatoms. The van der Waals surface area contributed by atoms with Crippen LogP contribution in [-0.2, 0) is 0 Å². The molecule has 2 aromatic rings. The van der Waals surface area contributed by atoms with Crippen molar-refractivity contribution >= 4 is 22.1 Å². The van der Waals surface area contributed by atoms with Crippen LogP contribution in [0.15, 0.2) is 30.6 Å². The van der Waals surface area contributed by atoms with Crippen molar-refractivity contribution in [3.05, 3.63) is 40.7 Å². The third kappa shape index (κ3) is 2.19. The van der Waals surface area contributed by atoms with E-state index < -0.39 is 0 Å². The number of anilines is 1. The zero-order valence-electron chi connectivity index (χ0n) is 11.4. The molecule has 1 aromatic heterocycles. The number of hydrogen-bond acceptors (Lipinski definition) is 4. The van der Waals surface area contributed by atoms with Crippen LogP contribution in [0.2, 0.25) is 0 Å². The van der Waals surface area contributed by atoms with Gasteiger partial charge in [-0.05, 0) is 37.8 Å². The minimum Gasteiger partial charge on any atom is -0.382 e. The second-order valence-electron chi connectivity index (χ2n) is 5.43. The van der Waals surface area contributed by atoms with Gasteiger partial charge in [0.25, 0.3) is 5.69 Å². The van der Waals surface area contributed by atoms with Gasteiger partial charge >= 0.3 is 0 Å². The predicted molar refractivity (Wildman–Crippen MR) is 78.8 cm³/mol. The highest BCUT2D eigenvalue weighted by molar-refractivity contribution is 5.99. The number of nitro groups is 1. The zero-order chi connectivity index (χ0) is 14.1. The normalized spacial score (nSPS) is 16.6. The molecule has 1 heterocycles. The summed E-state index contributed by atoms with van der Waals surface area (Å²) in [5, 5.41) is 16.0.